The van der Waals surface area contributed by atoms with E-state index in [9.17, 15) is 9.90 Å². The highest BCUT2D eigenvalue weighted by molar-refractivity contribution is 7.18. The van der Waals surface area contributed by atoms with Crippen LogP contribution in [0.5, 0.6) is 11.5 Å². The third-order valence-electron chi connectivity index (χ3n) is 4.73. The fourth-order valence-corrected chi connectivity index (χ4v) is 4.27. The molecule has 1 aliphatic rings. The van der Waals surface area contributed by atoms with Gasteiger partial charge in [-0.05, 0) is 55.2 Å². The largest absolute Gasteiger partial charge is 0.504 e. The van der Waals surface area contributed by atoms with Crippen molar-refractivity contribution >= 4 is 33.2 Å². The van der Waals surface area contributed by atoms with E-state index in [0.29, 0.717) is 12.3 Å². The molecular weight excluding hydrogens is 336 g/mol. The second kappa shape index (κ2) is 5.74. The SMILES string of the molecule is COc1cc(/C=C2\CCn3c2nc2sc(C)c(C)c2c3=O)ccc1O. The van der Waals surface area contributed by atoms with Crippen molar-refractivity contribution in [3.05, 3.63) is 50.4 Å². The number of hydrogen-bond donors (Lipinski definition) is 1. The Balaban J connectivity index is 1.87. The summed E-state index contributed by atoms with van der Waals surface area (Å²) in [7, 11) is 1.52. The van der Waals surface area contributed by atoms with Crippen LogP contribution in [0.15, 0.2) is 23.0 Å². The van der Waals surface area contributed by atoms with Crippen LogP contribution in [0.4, 0.5) is 0 Å². The van der Waals surface area contributed by atoms with E-state index in [0.717, 1.165) is 44.0 Å². The van der Waals surface area contributed by atoms with Crippen molar-refractivity contribution in [3.63, 3.8) is 0 Å². The molecule has 0 saturated heterocycles. The smallest absolute Gasteiger partial charge is 0.262 e. The predicted octanol–water partition coefficient (Wildman–Crippen LogP) is 3.73. The second-order valence-electron chi connectivity index (χ2n) is 6.21. The minimum Gasteiger partial charge on any atom is -0.504 e. The Bertz CT molecular complexity index is 1090. The molecule has 25 heavy (non-hydrogen) atoms. The minimum absolute atomic E-state index is 0.0496. The van der Waals surface area contributed by atoms with Crippen LogP contribution in [0.3, 0.4) is 0 Å². The summed E-state index contributed by atoms with van der Waals surface area (Å²) in [5.74, 6) is 1.28. The van der Waals surface area contributed by atoms with Gasteiger partial charge in [-0.3, -0.25) is 9.36 Å². The first kappa shape index (κ1) is 15.9. The van der Waals surface area contributed by atoms with Crippen molar-refractivity contribution < 1.29 is 9.84 Å². The van der Waals surface area contributed by atoms with Crippen molar-refractivity contribution in [1.29, 1.82) is 0 Å². The van der Waals surface area contributed by atoms with Crippen LogP contribution in [0.2, 0.25) is 0 Å². The number of nitrogens with zero attached hydrogens (tertiary/aromatic N) is 2. The average molecular weight is 354 g/mol. The molecule has 0 radical (unpaired) electrons. The molecule has 0 atom stereocenters. The minimum atomic E-state index is 0.0496. The molecule has 4 rings (SSSR count). The van der Waals surface area contributed by atoms with Gasteiger partial charge in [0.15, 0.2) is 11.5 Å². The molecule has 128 valence electrons. The fraction of sp³-hybridized carbons (Fsp3) is 0.263. The number of aromatic hydroxyl groups is 1. The van der Waals surface area contributed by atoms with Crippen molar-refractivity contribution in [2.45, 2.75) is 26.8 Å². The maximum atomic E-state index is 12.8. The summed E-state index contributed by atoms with van der Waals surface area (Å²) in [6.07, 6.45) is 2.77. The van der Waals surface area contributed by atoms with Crippen molar-refractivity contribution in [1.82, 2.24) is 9.55 Å². The van der Waals surface area contributed by atoms with Crippen LogP contribution in [0.25, 0.3) is 21.9 Å². The summed E-state index contributed by atoms with van der Waals surface area (Å²) in [6, 6.07) is 5.21. The van der Waals surface area contributed by atoms with Crippen LogP contribution in [-0.2, 0) is 6.54 Å². The number of ether oxygens (including phenoxy) is 1. The molecule has 0 spiro atoms. The Labute approximate surface area is 148 Å². The lowest BCUT2D eigenvalue weighted by molar-refractivity contribution is 0.373. The van der Waals surface area contributed by atoms with E-state index in [4.69, 9.17) is 9.72 Å². The van der Waals surface area contributed by atoms with Crippen LogP contribution < -0.4 is 10.3 Å². The quantitative estimate of drug-likeness (QED) is 0.761. The van der Waals surface area contributed by atoms with Crippen LogP contribution in [-0.4, -0.2) is 21.8 Å². The number of rotatable bonds is 2. The van der Waals surface area contributed by atoms with Gasteiger partial charge in [0.2, 0.25) is 0 Å². The van der Waals surface area contributed by atoms with Gasteiger partial charge in [0, 0.05) is 11.4 Å². The number of allylic oxidation sites excluding steroid dienone is 1. The molecule has 1 aromatic carbocycles. The van der Waals surface area contributed by atoms with E-state index in [1.165, 1.54) is 7.11 Å². The van der Waals surface area contributed by atoms with E-state index in [1.807, 2.05) is 26.0 Å². The topological polar surface area (TPSA) is 64.4 Å². The van der Waals surface area contributed by atoms with E-state index in [2.05, 4.69) is 0 Å². The molecule has 1 N–H and O–H groups in total. The lowest BCUT2D eigenvalue weighted by atomic mass is 10.1. The third-order valence-corrected chi connectivity index (χ3v) is 5.83. The number of thiophene rings is 1. The van der Waals surface area contributed by atoms with Gasteiger partial charge >= 0.3 is 0 Å². The molecule has 0 amide bonds. The zero-order valence-electron chi connectivity index (χ0n) is 14.3. The average Bonchev–Trinajstić information content (AvgIpc) is 3.11. The number of fused-ring (bicyclic) bond motifs is 2. The summed E-state index contributed by atoms with van der Waals surface area (Å²) in [5.41, 5.74) is 3.02. The van der Waals surface area contributed by atoms with Gasteiger partial charge in [-0.1, -0.05) is 6.07 Å². The second-order valence-corrected chi connectivity index (χ2v) is 7.41. The first-order chi connectivity index (χ1) is 12.0. The first-order valence-corrected chi connectivity index (χ1v) is 8.89. The van der Waals surface area contributed by atoms with E-state index in [-0.39, 0.29) is 11.3 Å². The normalized spacial score (nSPS) is 15.1. The summed E-state index contributed by atoms with van der Waals surface area (Å²) in [4.78, 5) is 19.6. The van der Waals surface area contributed by atoms with Gasteiger partial charge in [-0.15, -0.1) is 11.3 Å². The van der Waals surface area contributed by atoms with Gasteiger partial charge in [0.1, 0.15) is 10.7 Å². The molecule has 0 unspecified atom stereocenters. The Morgan fingerprint density at radius 3 is 2.92 bits per heavy atom. The highest BCUT2D eigenvalue weighted by Crippen LogP contribution is 2.33. The number of phenolic OH excluding ortho intramolecular Hbond substituents is 1. The number of methoxy groups -OCH3 is 1. The number of benzene rings is 1. The number of phenols is 1. The Morgan fingerprint density at radius 2 is 2.16 bits per heavy atom. The molecule has 0 fully saturated rings. The maximum absolute atomic E-state index is 12.8. The van der Waals surface area contributed by atoms with Crippen LogP contribution in [0.1, 0.15) is 28.2 Å². The lowest BCUT2D eigenvalue weighted by Gasteiger charge is -2.05. The van der Waals surface area contributed by atoms with Gasteiger partial charge < -0.3 is 9.84 Å². The monoisotopic (exact) mass is 354 g/mol. The number of aromatic nitrogens is 2. The molecule has 0 bridgehead atoms. The van der Waals surface area contributed by atoms with Gasteiger partial charge in [-0.25, -0.2) is 4.98 Å². The highest BCUT2D eigenvalue weighted by atomic mass is 32.1. The van der Waals surface area contributed by atoms with Gasteiger partial charge in [-0.2, -0.15) is 0 Å². The zero-order valence-corrected chi connectivity index (χ0v) is 15.1. The van der Waals surface area contributed by atoms with Gasteiger partial charge in [0.25, 0.3) is 5.56 Å². The van der Waals surface area contributed by atoms with Crippen molar-refractivity contribution in [2.24, 2.45) is 0 Å². The summed E-state index contributed by atoms with van der Waals surface area (Å²) >= 11 is 1.57. The zero-order chi connectivity index (χ0) is 17.7. The standard InChI is InChI=1S/C19H18N2O3S/c1-10-11(2)25-18-16(10)19(23)21-7-6-13(17(21)20-18)8-12-4-5-14(22)15(9-12)24-3/h4-5,8-9,22H,6-7H2,1-3H3/b13-8+. The molecule has 6 heteroatoms. The number of hydrogen-bond acceptors (Lipinski definition) is 5. The molecular formula is C19H18N2O3S. The molecule has 3 aromatic rings. The Kier molecular flexibility index (Phi) is 3.65. The Hall–Kier alpha value is -2.60. The fourth-order valence-electron chi connectivity index (χ4n) is 3.25. The van der Waals surface area contributed by atoms with Crippen molar-refractivity contribution in [3.8, 4) is 11.5 Å². The van der Waals surface area contributed by atoms with E-state index >= 15 is 0 Å². The van der Waals surface area contributed by atoms with E-state index < -0.39 is 0 Å². The molecule has 0 aliphatic carbocycles. The number of aryl methyl sites for hydroxylation is 2. The van der Waals surface area contributed by atoms with Crippen LogP contribution >= 0.6 is 11.3 Å². The first-order valence-electron chi connectivity index (χ1n) is 8.08. The highest BCUT2D eigenvalue weighted by Gasteiger charge is 2.23. The summed E-state index contributed by atoms with van der Waals surface area (Å²) < 4.78 is 6.93. The van der Waals surface area contributed by atoms with Crippen LogP contribution in [0, 0.1) is 13.8 Å². The molecule has 3 heterocycles. The predicted molar refractivity (Wildman–Crippen MR) is 101 cm³/mol. The Morgan fingerprint density at radius 1 is 1.36 bits per heavy atom. The lowest BCUT2D eigenvalue weighted by Crippen LogP contribution is -2.20. The maximum Gasteiger partial charge on any atom is 0.262 e. The third kappa shape index (κ3) is 2.44. The van der Waals surface area contributed by atoms with Crippen molar-refractivity contribution in [2.75, 3.05) is 7.11 Å². The molecule has 1 aliphatic heterocycles. The molecule has 5 nitrogen and oxygen atoms in total. The van der Waals surface area contributed by atoms with Gasteiger partial charge in [0.05, 0.1) is 12.5 Å². The molecule has 2 aromatic heterocycles. The summed E-state index contributed by atoms with van der Waals surface area (Å²) in [5, 5.41) is 10.5. The molecule has 0 saturated carbocycles. The summed E-state index contributed by atoms with van der Waals surface area (Å²) in [6.45, 7) is 4.65. The van der Waals surface area contributed by atoms with E-state index in [1.54, 1.807) is 28.0 Å².